The first-order chi connectivity index (χ1) is 13.6. The normalized spacial score (nSPS) is 21.3. The van der Waals surface area contributed by atoms with Crippen molar-refractivity contribution in [3.05, 3.63) is 41.9 Å². The van der Waals surface area contributed by atoms with Crippen LogP contribution in [0, 0.1) is 12.3 Å². The van der Waals surface area contributed by atoms with Gasteiger partial charge in [0.15, 0.2) is 5.41 Å². The molecule has 6 N–H and O–H groups in total. The predicted molar refractivity (Wildman–Crippen MR) is 101 cm³/mol. The fourth-order valence-electron chi connectivity index (χ4n) is 3.62. The van der Waals surface area contributed by atoms with Gasteiger partial charge >= 0.3 is 6.18 Å². The number of primary amides is 1. The van der Waals surface area contributed by atoms with Gasteiger partial charge in [-0.05, 0) is 37.1 Å². The van der Waals surface area contributed by atoms with E-state index in [0.717, 1.165) is 5.56 Å². The van der Waals surface area contributed by atoms with Gasteiger partial charge in [0, 0.05) is 23.4 Å². The molecule has 3 aromatic rings. The molecule has 0 spiro atoms. The third kappa shape index (κ3) is 2.74. The summed E-state index contributed by atoms with van der Waals surface area (Å²) in [6, 6.07) is 4.53. The van der Waals surface area contributed by atoms with Gasteiger partial charge in [-0.2, -0.15) is 13.2 Å². The zero-order chi connectivity index (χ0) is 21.1. The summed E-state index contributed by atoms with van der Waals surface area (Å²) in [5.41, 5.74) is 18.0. The largest absolute Gasteiger partial charge is 0.403 e. The Morgan fingerprint density at radius 3 is 2.52 bits per heavy atom. The first kappa shape index (κ1) is 18.9. The van der Waals surface area contributed by atoms with Crippen LogP contribution in [0.1, 0.15) is 23.6 Å². The molecule has 0 bridgehead atoms. The summed E-state index contributed by atoms with van der Waals surface area (Å²) in [5.74, 6) is -2.54. The lowest BCUT2D eigenvalue weighted by atomic mass is 10.00. The van der Waals surface area contributed by atoms with Crippen molar-refractivity contribution in [3.8, 4) is 11.3 Å². The number of hydrogen-bond acceptors (Lipinski definition) is 6. The van der Waals surface area contributed by atoms with Crippen molar-refractivity contribution in [1.29, 1.82) is 0 Å². The van der Waals surface area contributed by atoms with Gasteiger partial charge in [0.2, 0.25) is 5.91 Å². The molecule has 10 heteroatoms. The molecule has 0 aromatic carbocycles. The minimum absolute atomic E-state index is 0.108. The quantitative estimate of drug-likeness (QED) is 0.617. The topological polar surface area (TPSA) is 134 Å². The Morgan fingerprint density at radius 2 is 1.90 bits per heavy atom. The van der Waals surface area contributed by atoms with Crippen LogP contribution in [-0.2, 0) is 4.79 Å². The first-order valence-electron chi connectivity index (χ1n) is 8.70. The molecule has 1 aliphatic rings. The highest BCUT2D eigenvalue weighted by Gasteiger charge is 2.75. The fourth-order valence-corrected chi connectivity index (χ4v) is 3.62. The van der Waals surface area contributed by atoms with Crippen LogP contribution in [0.25, 0.3) is 22.3 Å². The van der Waals surface area contributed by atoms with Gasteiger partial charge in [0.05, 0.1) is 28.8 Å². The number of nitrogen functional groups attached to an aromatic ring is 2. The Labute approximate surface area is 163 Å². The molecule has 1 amide bonds. The smallest absolute Gasteiger partial charge is 0.397 e. The summed E-state index contributed by atoms with van der Waals surface area (Å²) in [4.78, 5) is 24.4. The first-order valence-corrected chi connectivity index (χ1v) is 8.70. The van der Waals surface area contributed by atoms with Gasteiger partial charge in [-0.3, -0.25) is 9.78 Å². The lowest BCUT2D eigenvalue weighted by Gasteiger charge is -2.17. The number of nitrogens with two attached hydrogens (primary N) is 3. The Bertz CT molecular complexity index is 1160. The fraction of sp³-hybridized carbons (Fsp3) is 0.263. The predicted octanol–water partition coefficient (Wildman–Crippen LogP) is 2.69. The molecule has 3 heterocycles. The summed E-state index contributed by atoms with van der Waals surface area (Å²) >= 11 is 0. The standard InChI is InChI=1S/C19H17F3N6O/c1-8-9(6-26-7-12(8)24)15-4-11(23)16-14(27-15)3-2-13(28-16)10-5-18(10,17(25)29)19(20,21)22/h2-4,6-7,10H,5,24H2,1H3,(H2,23,27)(H2,25,29). The molecular weight excluding hydrogens is 385 g/mol. The number of pyridine rings is 3. The number of rotatable bonds is 3. The molecule has 0 aliphatic heterocycles. The number of amides is 1. The van der Waals surface area contributed by atoms with Gasteiger partial charge in [0.25, 0.3) is 0 Å². The van der Waals surface area contributed by atoms with Crippen LogP contribution in [0.2, 0.25) is 0 Å². The number of halogens is 3. The summed E-state index contributed by atoms with van der Waals surface area (Å²) in [6.07, 6.45) is -2.04. The molecule has 2 atom stereocenters. The minimum atomic E-state index is -4.74. The lowest BCUT2D eigenvalue weighted by molar-refractivity contribution is -0.191. The number of fused-ring (bicyclic) bond motifs is 1. The second kappa shape index (κ2) is 6.03. The van der Waals surface area contributed by atoms with Crippen LogP contribution >= 0.6 is 0 Å². The van der Waals surface area contributed by atoms with Crippen LogP contribution in [0.5, 0.6) is 0 Å². The van der Waals surface area contributed by atoms with E-state index in [1.165, 1.54) is 18.3 Å². The molecule has 1 aliphatic carbocycles. The van der Waals surface area contributed by atoms with Crippen molar-refractivity contribution in [1.82, 2.24) is 15.0 Å². The van der Waals surface area contributed by atoms with E-state index in [1.54, 1.807) is 12.3 Å². The van der Waals surface area contributed by atoms with E-state index in [2.05, 4.69) is 15.0 Å². The van der Waals surface area contributed by atoms with Crippen molar-refractivity contribution < 1.29 is 18.0 Å². The third-order valence-corrected chi connectivity index (χ3v) is 5.50. The molecule has 1 fully saturated rings. The number of alkyl halides is 3. The zero-order valence-corrected chi connectivity index (χ0v) is 15.3. The summed E-state index contributed by atoms with van der Waals surface area (Å²) in [6.45, 7) is 1.82. The van der Waals surface area contributed by atoms with Gasteiger partial charge in [-0.25, -0.2) is 9.97 Å². The van der Waals surface area contributed by atoms with E-state index in [9.17, 15) is 18.0 Å². The van der Waals surface area contributed by atoms with Crippen molar-refractivity contribution in [2.45, 2.75) is 25.4 Å². The molecule has 3 aromatic heterocycles. The van der Waals surface area contributed by atoms with Crippen LogP contribution in [-0.4, -0.2) is 27.0 Å². The van der Waals surface area contributed by atoms with E-state index in [0.29, 0.717) is 22.5 Å². The number of nitrogens with zero attached hydrogens (tertiary/aromatic N) is 3. The molecule has 2 unspecified atom stereocenters. The molecule has 150 valence electrons. The summed E-state index contributed by atoms with van der Waals surface area (Å²) in [7, 11) is 0. The SMILES string of the molecule is Cc1c(N)cncc1-c1cc(N)c2nc(C3CC3(C(N)=O)C(F)(F)F)ccc2n1. The van der Waals surface area contributed by atoms with E-state index in [4.69, 9.17) is 17.2 Å². The molecular formula is C19H17F3N6O. The van der Waals surface area contributed by atoms with Crippen molar-refractivity contribution in [2.75, 3.05) is 11.5 Å². The Balaban J connectivity index is 1.78. The maximum Gasteiger partial charge on any atom is 0.403 e. The highest BCUT2D eigenvalue weighted by molar-refractivity contribution is 5.91. The number of carbonyl (C=O) groups excluding carboxylic acids is 1. The average molecular weight is 402 g/mol. The zero-order valence-electron chi connectivity index (χ0n) is 15.3. The Morgan fingerprint density at radius 1 is 1.17 bits per heavy atom. The van der Waals surface area contributed by atoms with E-state index < -0.39 is 29.8 Å². The average Bonchev–Trinajstić information content (AvgIpc) is 3.41. The van der Waals surface area contributed by atoms with E-state index in [1.807, 2.05) is 6.92 Å². The summed E-state index contributed by atoms with van der Waals surface area (Å²) in [5, 5.41) is 0. The highest BCUT2D eigenvalue weighted by Crippen LogP contribution is 2.67. The number of carbonyl (C=O) groups is 1. The molecule has 7 nitrogen and oxygen atoms in total. The maximum atomic E-state index is 13.4. The summed E-state index contributed by atoms with van der Waals surface area (Å²) < 4.78 is 40.2. The van der Waals surface area contributed by atoms with Crippen molar-refractivity contribution >= 4 is 28.3 Å². The number of aromatic nitrogens is 3. The van der Waals surface area contributed by atoms with Crippen molar-refractivity contribution in [3.63, 3.8) is 0 Å². The number of anilines is 2. The molecule has 0 radical (unpaired) electrons. The lowest BCUT2D eigenvalue weighted by Crippen LogP contribution is -2.39. The Hall–Kier alpha value is -3.43. The molecule has 0 saturated heterocycles. The second-order valence-corrected chi connectivity index (χ2v) is 7.19. The highest BCUT2D eigenvalue weighted by atomic mass is 19.4. The third-order valence-electron chi connectivity index (χ3n) is 5.50. The van der Waals surface area contributed by atoms with Crippen LogP contribution in [0.4, 0.5) is 24.5 Å². The number of hydrogen-bond donors (Lipinski definition) is 3. The monoisotopic (exact) mass is 402 g/mol. The van der Waals surface area contributed by atoms with Crippen molar-refractivity contribution in [2.24, 2.45) is 11.1 Å². The van der Waals surface area contributed by atoms with Crippen LogP contribution in [0.3, 0.4) is 0 Å². The molecule has 1 saturated carbocycles. The molecule has 29 heavy (non-hydrogen) atoms. The minimum Gasteiger partial charge on any atom is -0.397 e. The molecule has 4 rings (SSSR count). The Kier molecular flexibility index (Phi) is 3.93. The second-order valence-electron chi connectivity index (χ2n) is 7.19. The van der Waals surface area contributed by atoms with Gasteiger partial charge in [0.1, 0.15) is 5.52 Å². The van der Waals surface area contributed by atoms with Gasteiger partial charge in [-0.15, -0.1) is 0 Å². The van der Waals surface area contributed by atoms with Gasteiger partial charge < -0.3 is 17.2 Å². The van der Waals surface area contributed by atoms with E-state index in [-0.39, 0.29) is 16.9 Å². The maximum absolute atomic E-state index is 13.4. The van der Waals surface area contributed by atoms with Gasteiger partial charge in [-0.1, -0.05) is 0 Å². The van der Waals surface area contributed by atoms with Crippen LogP contribution in [0.15, 0.2) is 30.6 Å². The van der Waals surface area contributed by atoms with Crippen LogP contribution < -0.4 is 17.2 Å². The van der Waals surface area contributed by atoms with E-state index >= 15 is 0 Å².